The van der Waals surface area contributed by atoms with Crippen molar-refractivity contribution in [3.63, 3.8) is 0 Å². The van der Waals surface area contributed by atoms with Gasteiger partial charge in [0.25, 0.3) is 5.91 Å². The lowest BCUT2D eigenvalue weighted by Gasteiger charge is -2.22. The maximum absolute atomic E-state index is 14.4. The van der Waals surface area contributed by atoms with Crippen molar-refractivity contribution >= 4 is 29.1 Å². The predicted octanol–water partition coefficient (Wildman–Crippen LogP) is 4.54. The van der Waals surface area contributed by atoms with Crippen LogP contribution in [0.1, 0.15) is 24.4 Å². The average Bonchev–Trinajstić information content (AvgIpc) is 3.08. The number of aryl methyl sites for hydroxylation is 1. The summed E-state index contributed by atoms with van der Waals surface area (Å²) in [6, 6.07) is 10.2. The fraction of sp³-hybridized carbons (Fsp3) is 0.200. The highest BCUT2D eigenvalue weighted by atomic mass is 35.5. The Hall–Kier alpha value is -2.57. The number of carbonyl (C=O) groups is 1. The van der Waals surface area contributed by atoms with Crippen LogP contribution in [0.25, 0.3) is 0 Å². The van der Waals surface area contributed by atoms with Gasteiger partial charge in [-0.25, -0.2) is 9.37 Å². The Morgan fingerprint density at radius 3 is 2.64 bits per heavy atom. The van der Waals surface area contributed by atoms with Crippen LogP contribution in [0.5, 0.6) is 5.75 Å². The van der Waals surface area contributed by atoms with Crippen molar-refractivity contribution in [1.29, 1.82) is 0 Å². The zero-order valence-electron chi connectivity index (χ0n) is 15.2. The first-order valence-electron chi connectivity index (χ1n) is 8.50. The highest BCUT2D eigenvalue weighted by Crippen LogP contribution is 2.29. The van der Waals surface area contributed by atoms with Gasteiger partial charge >= 0.3 is 0 Å². The number of amides is 1. The molecule has 0 saturated heterocycles. The third-order valence-corrected chi connectivity index (χ3v) is 4.72. The van der Waals surface area contributed by atoms with Crippen LogP contribution >= 0.6 is 23.2 Å². The molecule has 0 aliphatic heterocycles. The maximum atomic E-state index is 14.4. The van der Waals surface area contributed by atoms with E-state index in [9.17, 15) is 9.18 Å². The van der Waals surface area contributed by atoms with E-state index in [1.807, 2.05) is 0 Å². The number of rotatable bonds is 6. The molecule has 0 aliphatic rings. The van der Waals surface area contributed by atoms with E-state index in [0.717, 1.165) is 0 Å². The van der Waals surface area contributed by atoms with Gasteiger partial charge in [-0.05, 0) is 31.2 Å². The SMILES string of the molecule is C[C@H](Oc1ccc(Cl)cc1Cl)C(=O)N[C@H](c1ccccc1F)c1nccn1C. The molecule has 0 bridgehead atoms. The Labute approximate surface area is 172 Å². The van der Waals surface area contributed by atoms with E-state index in [4.69, 9.17) is 27.9 Å². The van der Waals surface area contributed by atoms with Gasteiger partial charge in [0.15, 0.2) is 6.10 Å². The van der Waals surface area contributed by atoms with Crippen LogP contribution in [-0.2, 0) is 11.8 Å². The quantitative estimate of drug-likeness (QED) is 0.635. The Kier molecular flexibility index (Phi) is 6.21. The Balaban J connectivity index is 1.83. The number of imidazole rings is 1. The van der Waals surface area contributed by atoms with Crippen LogP contribution < -0.4 is 10.1 Å². The summed E-state index contributed by atoms with van der Waals surface area (Å²) in [5.74, 6) is -0.0595. The monoisotopic (exact) mass is 421 g/mol. The van der Waals surface area contributed by atoms with Gasteiger partial charge in [0.2, 0.25) is 0 Å². The molecule has 0 radical (unpaired) electrons. The highest BCUT2D eigenvalue weighted by Gasteiger charge is 2.26. The van der Waals surface area contributed by atoms with Crippen molar-refractivity contribution in [2.45, 2.75) is 19.1 Å². The molecular formula is C20H18Cl2FN3O2. The third-order valence-electron chi connectivity index (χ3n) is 4.19. The van der Waals surface area contributed by atoms with E-state index in [1.54, 1.807) is 61.3 Å². The highest BCUT2D eigenvalue weighted by molar-refractivity contribution is 6.35. The molecule has 3 aromatic rings. The van der Waals surface area contributed by atoms with Gasteiger partial charge < -0.3 is 14.6 Å². The summed E-state index contributed by atoms with van der Waals surface area (Å²) in [5.41, 5.74) is 0.307. The van der Waals surface area contributed by atoms with Crippen molar-refractivity contribution in [2.24, 2.45) is 7.05 Å². The normalized spacial score (nSPS) is 13.0. The number of nitrogens with one attached hydrogen (secondary N) is 1. The molecule has 0 fully saturated rings. The van der Waals surface area contributed by atoms with Crippen LogP contribution in [0.15, 0.2) is 54.9 Å². The number of halogens is 3. The minimum Gasteiger partial charge on any atom is -0.479 e. The lowest BCUT2D eigenvalue weighted by Crippen LogP contribution is -2.40. The van der Waals surface area contributed by atoms with Crippen molar-refractivity contribution in [1.82, 2.24) is 14.9 Å². The van der Waals surface area contributed by atoms with E-state index in [1.165, 1.54) is 12.1 Å². The maximum Gasteiger partial charge on any atom is 0.261 e. The summed E-state index contributed by atoms with van der Waals surface area (Å²) >= 11 is 12.0. The second kappa shape index (κ2) is 8.63. The van der Waals surface area contributed by atoms with Crippen molar-refractivity contribution in [3.8, 4) is 5.75 Å². The first-order chi connectivity index (χ1) is 13.4. The summed E-state index contributed by atoms with van der Waals surface area (Å²) in [4.78, 5) is 17.0. The zero-order chi connectivity index (χ0) is 20.3. The fourth-order valence-corrected chi connectivity index (χ4v) is 3.17. The van der Waals surface area contributed by atoms with Gasteiger partial charge in [-0.1, -0.05) is 41.4 Å². The third kappa shape index (κ3) is 4.46. The van der Waals surface area contributed by atoms with Gasteiger partial charge in [-0.3, -0.25) is 4.79 Å². The van der Waals surface area contributed by atoms with Gasteiger partial charge in [0.05, 0.1) is 5.02 Å². The molecule has 1 heterocycles. The summed E-state index contributed by atoms with van der Waals surface area (Å²) in [6.45, 7) is 1.58. The topological polar surface area (TPSA) is 56.1 Å². The first kappa shape index (κ1) is 20.2. The second-order valence-corrected chi connectivity index (χ2v) is 7.04. The molecule has 5 nitrogen and oxygen atoms in total. The number of hydrogen-bond donors (Lipinski definition) is 1. The van der Waals surface area contributed by atoms with Gasteiger partial charge in [-0.2, -0.15) is 0 Å². The van der Waals surface area contributed by atoms with Crippen LogP contribution in [0, 0.1) is 5.82 Å². The smallest absolute Gasteiger partial charge is 0.261 e. The van der Waals surface area contributed by atoms with Crippen molar-refractivity contribution in [3.05, 3.63) is 82.1 Å². The molecule has 0 spiro atoms. The number of aromatic nitrogens is 2. The number of nitrogens with zero attached hydrogens (tertiary/aromatic N) is 2. The van der Waals surface area contributed by atoms with Gasteiger partial charge in [-0.15, -0.1) is 0 Å². The molecule has 8 heteroatoms. The summed E-state index contributed by atoms with van der Waals surface area (Å²) in [5, 5.41) is 3.57. The molecule has 2 atom stereocenters. The van der Waals surface area contributed by atoms with Gasteiger partial charge in [0.1, 0.15) is 23.4 Å². The van der Waals surface area contributed by atoms with E-state index >= 15 is 0 Å². The molecule has 2 aromatic carbocycles. The summed E-state index contributed by atoms with van der Waals surface area (Å²) < 4.78 is 21.8. The van der Waals surface area contributed by atoms with Crippen molar-refractivity contribution in [2.75, 3.05) is 0 Å². The van der Waals surface area contributed by atoms with Crippen LogP contribution in [-0.4, -0.2) is 21.6 Å². The van der Waals surface area contributed by atoms with Crippen LogP contribution in [0.3, 0.4) is 0 Å². The number of benzene rings is 2. The molecule has 1 N–H and O–H groups in total. The lowest BCUT2D eigenvalue weighted by molar-refractivity contribution is -0.127. The minimum absolute atomic E-state index is 0.293. The second-order valence-electron chi connectivity index (χ2n) is 6.19. The lowest BCUT2D eigenvalue weighted by atomic mass is 10.0. The molecular weight excluding hydrogens is 404 g/mol. The first-order valence-corrected chi connectivity index (χ1v) is 9.26. The fourth-order valence-electron chi connectivity index (χ4n) is 2.72. The molecule has 0 aliphatic carbocycles. The minimum atomic E-state index is -0.881. The zero-order valence-corrected chi connectivity index (χ0v) is 16.7. The van der Waals surface area contributed by atoms with E-state index in [0.29, 0.717) is 27.2 Å². The van der Waals surface area contributed by atoms with E-state index in [-0.39, 0.29) is 0 Å². The molecule has 3 rings (SSSR count). The standard InChI is InChI=1S/C20H18Cl2FN3O2/c1-12(28-17-8-7-13(21)11-15(17)22)20(27)25-18(19-24-9-10-26(19)2)14-5-3-4-6-16(14)23/h3-12,18H,1-2H3,(H,25,27)/t12-,18+/m0/s1. The Morgan fingerprint density at radius 1 is 1.25 bits per heavy atom. The molecule has 1 amide bonds. The number of ether oxygens (including phenoxy) is 1. The van der Waals surface area contributed by atoms with Gasteiger partial charge in [0, 0.05) is 30.0 Å². The molecule has 1 aromatic heterocycles. The van der Waals surface area contributed by atoms with Crippen molar-refractivity contribution < 1.29 is 13.9 Å². The Morgan fingerprint density at radius 2 is 2.00 bits per heavy atom. The average molecular weight is 422 g/mol. The molecule has 0 unspecified atom stereocenters. The molecule has 0 saturated carbocycles. The predicted molar refractivity (Wildman–Crippen MR) is 106 cm³/mol. The molecule has 28 heavy (non-hydrogen) atoms. The number of hydrogen-bond acceptors (Lipinski definition) is 3. The summed E-state index contributed by atoms with van der Waals surface area (Å²) in [7, 11) is 1.77. The summed E-state index contributed by atoms with van der Waals surface area (Å²) in [6.07, 6.45) is 2.43. The van der Waals surface area contributed by atoms with Crippen LogP contribution in [0.4, 0.5) is 4.39 Å². The largest absolute Gasteiger partial charge is 0.479 e. The number of carbonyl (C=O) groups excluding carboxylic acids is 1. The Bertz CT molecular complexity index is 993. The molecule has 146 valence electrons. The van der Waals surface area contributed by atoms with Crippen LogP contribution in [0.2, 0.25) is 10.0 Å². The van der Waals surface area contributed by atoms with E-state index in [2.05, 4.69) is 10.3 Å². The van der Waals surface area contributed by atoms with E-state index < -0.39 is 23.9 Å².